The number of alkyl halides is 3. The highest BCUT2D eigenvalue weighted by Gasteiger charge is 2.48. The SMILES string of the molecule is C=C(C)c1c(-c2nc(N)cc(C)c2C(F)(F)F)c(C)c2c3c(nc(OC[C@@]45CCCN4CC(C)C5)nc13)N1C[C@H]3CC[C@H](N3)[C@H]1CS2. The van der Waals surface area contributed by atoms with E-state index < -0.39 is 11.7 Å². The molecule has 3 N–H and O–H groups in total. The molecule has 5 atom stereocenters. The van der Waals surface area contributed by atoms with Crippen molar-refractivity contribution >= 4 is 39.9 Å². The maximum Gasteiger partial charge on any atom is 0.418 e. The first kappa shape index (κ1) is 31.2. The summed E-state index contributed by atoms with van der Waals surface area (Å²) in [7, 11) is 0. The Balaban J connectivity index is 1.38. The van der Waals surface area contributed by atoms with Gasteiger partial charge < -0.3 is 20.7 Å². The van der Waals surface area contributed by atoms with Crippen LogP contribution in [-0.4, -0.2) is 75.5 Å². The fourth-order valence-corrected chi connectivity index (χ4v) is 10.8. The molecule has 0 radical (unpaired) electrons. The van der Waals surface area contributed by atoms with Crippen molar-refractivity contribution in [1.29, 1.82) is 0 Å². The summed E-state index contributed by atoms with van der Waals surface area (Å²) in [6, 6.07) is 2.39. The lowest BCUT2D eigenvalue weighted by Crippen LogP contribution is -2.59. The number of halogens is 3. The summed E-state index contributed by atoms with van der Waals surface area (Å²) in [6.07, 6.45) is 0.832. The van der Waals surface area contributed by atoms with Gasteiger partial charge in [-0.2, -0.15) is 23.1 Å². The maximum absolute atomic E-state index is 14.8. The third-order valence-corrected chi connectivity index (χ3v) is 12.5. The molecular formula is C35H42F3N7OS. The van der Waals surface area contributed by atoms with E-state index in [2.05, 4.69) is 33.6 Å². The van der Waals surface area contributed by atoms with E-state index in [-0.39, 0.29) is 34.7 Å². The van der Waals surface area contributed by atoms with Crippen LogP contribution in [0.4, 0.5) is 24.8 Å². The molecule has 0 amide bonds. The fraction of sp³-hybridized carbons (Fsp3) is 0.571. The second kappa shape index (κ2) is 11.0. The molecule has 250 valence electrons. The zero-order valence-electron chi connectivity index (χ0n) is 27.4. The fourth-order valence-electron chi connectivity index (χ4n) is 9.35. The molecule has 1 unspecified atom stereocenters. The number of anilines is 2. The zero-order valence-corrected chi connectivity index (χ0v) is 28.2. The van der Waals surface area contributed by atoms with Gasteiger partial charge in [0.25, 0.3) is 0 Å². The molecule has 5 aliphatic rings. The Hall–Kier alpha value is -3.09. The lowest BCUT2D eigenvalue weighted by Gasteiger charge is -2.41. The van der Waals surface area contributed by atoms with Crippen LogP contribution in [0.15, 0.2) is 17.5 Å². The number of hydrogen-bond donors (Lipinski definition) is 2. The Bertz CT molecular complexity index is 1810. The molecule has 5 aliphatic heterocycles. The van der Waals surface area contributed by atoms with Crippen molar-refractivity contribution in [2.24, 2.45) is 5.92 Å². The molecule has 3 aromatic rings. The third kappa shape index (κ3) is 4.91. The van der Waals surface area contributed by atoms with E-state index in [0.29, 0.717) is 52.4 Å². The van der Waals surface area contributed by atoms with Gasteiger partial charge in [0, 0.05) is 46.9 Å². The van der Waals surface area contributed by atoms with E-state index in [9.17, 15) is 13.2 Å². The number of aryl methyl sites for hydroxylation is 1. The Morgan fingerprint density at radius 3 is 2.79 bits per heavy atom. The Labute approximate surface area is 277 Å². The molecule has 12 heteroatoms. The zero-order chi connectivity index (χ0) is 33.0. The lowest BCUT2D eigenvalue weighted by atomic mass is 9.88. The van der Waals surface area contributed by atoms with Crippen LogP contribution in [0.2, 0.25) is 0 Å². The van der Waals surface area contributed by atoms with E-state index in [0.717, 1.165) is 73.6 Å². The largest absolute Gasteiger partial charge is 0.461 e. The number of nitrogens with one attached hydrogen (secondary N) is 1. The number of benzene rings is 1. The summed E-state index contributed by atoms with van der Waals surface area (Å²) in [6.45, 7) is 15.2. The highest BCUT2D eigenvalue weighted by molar-refractivity contribution is 7.99. The third-order valence-electron chi connectivity index (χ3n) is 11.2. The molecule has 0 saturated carbocycles. The Morgan fingerprint density at radius 2 is 2.02 bits per heavy atom. The summed E-state index contributed by atoms with van der Waals surface area (Å²) in [5.74, 6) is 2.20. The van der Waals surface area contributed by atoms with Gasteiger partial charge in [0.15, 0.2) is 0 Å². The van der Waals surface area contributed by atoms with Gasteiger partial charge >= 0.3 is 12.2 Å². The average Bonchev–Trinajstić information content (AvgIpc) is 3.62. The predicted octanol–water partition coefficient (Wildman–Crippen LogP) is 6.61. The number of aromatic nitrogens is 3. The molecular weight excluding hydrogens is 623 g/mol. The van der Waals surface area contributed by atoms with E-state index >= 15 is 0 Å². The number of ether oxygens (including phenoxy) is 1. The van der Waals surface area contributed by atoms with Gasteiger partial charge in [-0.1, -0.05) is 13.5 Å². The molecule has 0 aliphatic carbocycles. The van der Waals surface area contributed by atoms with Crippen molar-refractivity contribution in [3.8, 4) is 17.3 Å². The van der Waals surface area contributed by atoms with Crippen LogP contribution in [-0.2, 0) is 6.18 Å². The van der Waals surface area contributed by atoms with E-state index in [1.165, 1.54) is 13.0 Å². The minimum absolute atomic E-state index is 0.0310. The van der Waals surface area contributed by atoms with Crippen molar-refractivity contribution in [2.45, 2.75) is 94.5 Å². The van der Waals surface area contributed by atoms with Crippen LogP contribution in [0.3, 0.4) is 0 Å². The summed E-state index contributed by atoms with van der Waals surface area (Å²) in [4.78, 5) is 20.5. The van der Waals surface area contributed by atoms with Gasteiger partial charge in [0.2, 0.25) is 0 Å². The summed E-state index contributed by atoms with van der Waals surface area (Å²) in [5.41, 5.74) is 7.93. The van der Waals surface area contributed by atoms with Crippen molar-refractivity contribution in [3.63, 3.8) is 0 Å². The molecule has 2 aromatic heterocycles. The lowest BCUT2D eigenvalue weighted by molar-refractivity contribution is -0.137. The number of allylic oxidation sites excluding steroid dienone is 1. The average molecular weight is 666 g/mol. The van der Waals surface area contributed by atoms with Crippen LogP contribution in [0.5, 0.6) is 6.01 Å². The molecule has 1 aromatic carbocycles. The Kier molecular flexibility index (Phi) is 7.28. The van der Waals surface area contributed by atoms with Crippen LogP contribution < -0.4 is 20.7 Å². The first-order valence-corrected chi connectivity index (χ1v) is 17.8. The maximum atomic E-state index is 14.8. The number of pyridine rings is 1. The normalized spacial score (nSPS) is 28.4. The van der Waals surface area contributed by atoms with E-state index in [1.807, 2.05) is 13.8 Å². The first-order valence-electron chi connectivity index (χ1n) is 16.8. The molecule has 0 spiro atoms. The van der Waals surface area contributed by atoms with Crippen molar-refractivity contribution in [2.75, 3.05) is 42.6 Å². The van der Waals surface area contributed by atoms with Gasteiger partial charge in [0.1, 0.15) is 18.2 Å². The quantitative estimate of drug-likeness (QED) is 0.312. The standard InChI is InChI=1S/C35H42F3N7OS/c1-17(2)25-26(30-28(35(36,37)38)19(4)11-24(39)41-30)20(5)31-27-29(25)42-33(46-16-34-9-6-10-44(34)13-18(3)12-34)43-32(27)45-14-21-7-8-22(40-21)23(45)15-47-31/h11,18,21-23,40H,1,6-10,12-16H2,2-5H3,(H2,39,41)/t18?,21-,22+,23-,34+/m1/s1. The van der Waals surface area contributed by atoms with Gasteiger partial charge in [-0.25, -0.2) is 4.98 Å². The second-order valence-corrected chi connectivity index (χ2v) is 15.6. The molecule has 8 rings (SSSR count). The van der Waals surface area contributed by atoms with Gasteiger partial charge in [-0.15, -0.1) is 11.8 Å². The Morgan fingerprint density at radius 1 is 1.21 bits per heavy atom. The van der Waals surface area contributed by atoms with E-state index in [1.54, 1.807) is 11.8 Å². The first-order chi connectivity index (χ1) is 22.3. The van der Waals surface area contributed by atoms with Crippen molar-refractivity contribution in [3.05, 3.63) is 34.9 Å². The van der Waals surface area contributed by atoms with Crippen molar-refractivity contribution in [1.82, 2.24) is 25.2 Å². The molecule has 47 heavy (non-hydrogen) atoms. The molecule has 4 fully saturated rings. The highest BCUT2D eigenvalue weighted by Crippen LogP contribution is 2.52. The molecule has 7 heterocycles. The monoisotopic (exact) mass is 665 g/mol. The topological polar surface area (TPSA) is 92.4 Å². The van der Waals surface area contributed by atoms with Crippen LogP contribution in [0.1, 0.15) is 68.2 Å². The van der Waals surface area contributed by atoms with Crippen LogP contribution >= 0.6 is 11.8 Å². The highest BCUT2D eigenvalue weighted by atomic mass is 32.2. The predicted molar refractivity (Wildman–Crippen MR) is 181 cm³/mol. The molecule has 4 saturated heterocycles. The number of fused-ring (bicyclic) bond motifs is 6. The second-order valence-electron chi connectivity index (χ2n) is 14.6. The summed E-state index contributed by atoms with van der Waals surface area (Å²) >= 11 is 1.68. The van der Waals surface area contributed by atoms with Crippen LogP contribution in [0.25, 0.3) is 27.7 Å². The number of nitrogen functional groups attached to an aromatic ring is 1. The minimum Gasteiger partial charge on any atom is -0.461 e. The smallest absolute Gasteiger partial charge is 0.418 e. The van der Waals surface area contributed by atoms with Gasteiger partial charge in [-0.05, 0) is 88.1 Å². The number of nitrogens with zero attached hydrogens (tertiary/aromatic N) is 5. The number of piperazine rings is 1. The number of thioether (sulfide) groups is 1. The number of nitrogens with two attached hydrogens (primary N) is 1. The minimum atomic E-state index is -4.64. The van der Waals surface area contributed by atoms with Crippen LogP contribution in [0, 0.1) is 19.8 Å². The van der Waals surface area contributed by atoms with E-state index in [4.69, 9.17) is 20.4 Å². The summed E-state index contributed by atoms with van der Waals surface area (Å²) < 4.78 is 51.0. The summed E-state index contributed by atoms with van der Waals surface area (Å²) in [5, 5.41) is 4.66. The van der Waals surface area contributed by atoms with Crippen molar-refractivity contribution < 1.29 is 17.9 Å². The number of rotatable bonds is 5. The van der Waals surface area contributed by atoms with Gasteiger partial charge in [0.05, 0.1) is 33.7 Å². The number of hydrogen-bond acceptors (Lipinski definition) is 9. The molecule has 8 nitrogen and oxygen atoms in total. The van der Waals surface area contributed by atoms with Gasteiger partial charge in [-0.3, -0.25) is 4.90 Å². The molecule has 2 bridgehead atoms.